The Kier molecular flexibility index (Phi) is 2.40. The molecule has 0 unspecified atom stereocenters. The van der Waals surface area contributed by atoms with Crippen LogP contribution in [0.3, 0.4) is 0 Å². The summed E-state index contributed by atoms with van der Waals surface area (Å²) in [7, 11) is 0. The molecule has 86 valence electrons. The summed E-state index contributed by atoms with van der Waals surface area (Å²) in [5.41, 5.74) is 2.50. The van der Waals surface area contributed by atoms with Crippen LogP contribution in [0.2, 0.25) is 0 Å². The van der Waals surface area contributed by atoms with Gasteiger partial charge in [0.2, 0.25) is 5.95 Å². The number of aromatic nitrogens is 2. The van der Waals surface area contributed by atoms with Gasteiger partial charge in [-0.1, -0.05) is 0 Å². The van der Waals surface area contributed by atoms with Crippen molar-refractivity contribution in [2.75, 3.05) is 16.9 Å². The van der Waals surface area contributed by atoms with Gasteiger partial charge in [-0.15, -0.1) is 0 Å². The van der Waals surface area contributed by atoms with E-state index in [2.05, 4.69) is 20.3 Å². The minimum absolute atomic E-state index is 0.499. The molecule has 0 spiro atoms. The van der Waals surface area contributed by atoms with Gasteiger partial charge in [-0.3, -0.25) is 5.43 Å². The summed E-state index contributed by atoms with van der Waals surface area (Å²) >= 11 is 0. The van der Waals surface area contributed by atoms with E-state index >= 15 is 0 Å². The summed E-state index contributed by atoms with van der Waals surface area (Å²) in [4.78, 5) is 10.9. The highest BCUT2D eigenvalue weighted by Gasteiger charge is 2.34. The van der Waals surface area contributed by atoms with Crippen LogP contribution in [0, 0.1) is 5.92 Å². The number of rotatable bonds is 5. The van der Waals surface area contributed by atoms with Gasteiger partial charge in [0.15, 0.2) is 0 Å². The largest absolute Gasteiger partial charge is 0.353 e. The van der Waals surface area contributed by atoms with Gasteiger partial charge < -0.3 is 4.90 Å². The van der Waals surface area contributed by atoms with Crippen molar-refractivity contribution in [1.82, 2.24) is 9.97 Å². The van der Waals surface area contributed by atoms with Gasteiger partial charge in [0.1, 0.15) is 5.82 Å². The third kappa shape index (κ3) is 2.09. The summed E-state index contributed by atoms with van der Waals surface area (Å²) in [6, 6.07) is 2.67. The standard InChI is InChI=1S/C11H17N5/c12-15-11-13-6-5-10(14-11)16(9-3-4-9)7-8-1-2-8/h5-6,8-9H,1-4,7,12H2,(H,13,14,15). The zero-order chi connectivity index (χ0) is 11.0. The van der Waals surface area contributed by atoms with Crippen LogP contribution in [0.5, 0.6) is 0 Å². The molecule has 1 heterocycles. The predicted molar refractivity (Wildman–Crippen MR) is 62.9 cm³/mol. The lowest BCUT2D eigenvalue weighted by Gasteiger charge is -2.23. The van der Waals surface area contributed by atoms with E-state index in [4.69, 9.17) is 5.84 Å². The minimum Gasteiger partial charge on any atom is -0.353 e. The summed E-state index contributed by atoms with van der Waals surface area (Å²) in [6.07, 6.45) is 7.09. The highest BCUT2D eigenvalue weighted by Crippen LogP contribution is 2.36. The molecular weight excluding hydrogens is 202 g/mol. The maximum absolute atomic E-state index is 5.33. The third-order valence-electron chi connectivity index (χ3n) is 3.20. The van der Waals surface area contributed by atoms with Crippen LogP contribution < -0.4 is 16.2 Å². The van der Waals surface area contributed by atoms with E-state index in [9.17, 15) is 0 Å². The molecular formula is C11H17N5. The van der Waals surface area contributed by atoms with E-state index < -0.39 is 0 Å². The normalized spacial score (nSPS) is 19.6. The van der Waals surface area contributed by atoms with E-state index in [1.165, 1.54) is 25.7 Å². The Morgan fingerprint density at radius 1 is 1.38 bits per heavy atom. The van der Waals surface area contributed by atoms with E-state index in [-0.39, 0.29) is 0 Å². The molecule has 0 bridgehead atoms. The fourth-order valence-corrected chi connectivity index (χ4v) is 1.97. The number of hydrazine groups is 1. The molecule has 2 fully saturated rings. The highest BCUT2D eigenvalue weighted by atomic mass is 15.3. The molecule has 3 N–H and O–H groups in total. The summed E-state index contributed by atoms with van der Waals surface area (Å²) in [5.74, 6) is 7.72. The summed E-state index contributed by atoms with van der Waals surface area (Å²) in [5, 5.41) is 0. The Morgan fingerprint density at radius 2 is 2.19 bits per heavy atom. The third-order valence-corrected chi connectivity index (χ3v) is 3.20. The summed E-state index contributed by atoms with van der Waals surface area (Å²) in [6.45, 7) is 1.14. The Balaban J connectivity index is 1.79. The lowest BCUT2D eigenvalue weighted by molar-refractivity contribution is 0.708. The lowest BCUT2D eigenvalue weighted by atomic mass is 10.3. The van der Waals surface area contributed by atoms with Crippen molar-refractivity contribution in [2.24, 2.45) is 11.8 Å². The molecule has 0 atom stereocenters. The Morgan fingerprint density at radius 3 is 2.81 bits per heavy atom. The van der Waals surface area contributed by atoms with E-state index in [0.717, 1.165) is 18.3 Å². The Bertz CT molecular complexity index is 372. The number of nitrogens with zero attached hydrogens (tertiary/aromatic N) is 3. The van der Waals surface area contributed by atoms with Crippen LogP contribution in [0.15, 0.2) is 12.3 Å². The maximum atomic E-state index is 5.33. The van der Waals surface area contributed by atoms with Gasteiger partial charge in [0.05, 0.1) is 0 Å². The minimum atomic E-state index is 0.499. The zero-order valence-electron chi connectivity index (χ0n) is 9.26. The first-order valence-electron chi connectivity index (χ1n) is 5.93. The number of anilines is 2. The molecule has 1 aromatic heterocycles. The molecule has 2 saturated carbocycles. The van der Waals surface area contributed by atoms with Crippen LogP contribution in [0.4, 0.5) is 11.8 Å². The van der Waals surface area contributed by atoms with Crippen LogP contribution in [0.25, 0.3) is 0 Å². The van der Waals surface area contributed by atoms with Gasteiger partial charge >= 0.3 is 0 Å². The van der Waals surface area contributed by atoms with Crippen molar-refractivity contribution in [3.63, 3.8) is 0 Å². The fraction of sp³-hybridized carbons (Fsp3) is 0.636. The number of nitrogen functional groups attached to an aromatic ring is 1. The highest BCUT2D eigenvalue weighted by molar-refractivity contribution is 5.44. The first-order valence-corrected chi connectivity index (χ1v) is 5.93. The molecule has 0 radical (unpaired) electrons. The molecule has 0 aliphatic heterocycles. The van der Waals surface area contributed by atoms with Gasteiger partial charge in [-0.2, -0.15) is 4.98 Å². The predicted octanol–water partition coefficient (Wildman–Crippen LogP) is 1.14. The molecule has 16 heavy (non-hydrogen) atoms. The first-order chi connectivity index (χ1) is 7.86. The number of nitrogens with one attached hydrogen (secondary N) is 1. The van der Waals surface area contributed by atoms with Crippen molar-refractivity contribution >= 4 is 11.8 Å². The molecule has 0 saturated heterocycles. The van der Waals surface area contributed by atoms with E-state index in [0.29, 0.717) is 12.0 Å². The monoisotopic (exact) mass is 219 g/mol. The van der Waals surface area contributed by atoms with Crippen LogP contribution in [-0.2, 0) is 0 Å². The van der Waals surface area contributed by atoms with Crippen LogP contribution in [0.1, 0.15) is 25.7 Å². The molecule has 1 aromatic rings. The van der Waals surface area contributed by atoms with Crippen molar-refractivity contribution in [3.05, 3.63) is 12.3 Å². The molecule has 0 amide bonds. The average molecular weight is 219 g/mol. The smallest absolute Gasteiger partial charge is 0.239 e. The first kappa shape index (κ1) is 9.84. The lowest BCUT2D eigenvalue weighted by Crippen LogP contribution is -2.29. The van der Waals surface area contributed by atoms with Gasteiger partial charge in [0, 0.05) is 18.8 Å². The van der Waals surface area contributed by atoms with Gasteiger partial charge in [0.25, 0.3) is 0 Å². The molecule has 3 rings (SSSR count). The maximum Gasteiger partial charge on any atom is 0.239 e. The van der Waals surface area contributed by atoms with Crippen molar-refractivity contribution in [1.29, 1.82) is 0 Å². The van der Waals surface area contributed by atoms with Crippen LogP contribution in [-0.4, -0.2) is 22.6 Å². The van der Waals surface area contributed by atoms with Crippen molar-refractivity contribution in [2.45, 2.75) is 31.7 Å². The second-order valence-electron chi connectivity index (χ2n) is 4.71. The fourth-order valence-electron chi connectivity index (χ4n) is 1.97. The van der Waals surface area contributed by atoms with Gasteiger partial charge in [-0.25, -0.2) is 10.8 Å². The van der Waals surface area contributed by atoms with Gasteiger partial charge in [-0.05, 0) is 37.7 Å². The Hall–Kier alpha value is -1.36. The second-order valence-corrected chi connectivity index (χ2v) is 4.71. The Labute approximate surface area is 95.0 Å². The zero-order valence-corrected chi connectivity index (χ0v) is 9.26. The molecule has 5 heteroatoms. The molecule has 0 aromatic carbocycles. The van der Waals surface area contributed by atoms with Crippen molar-refractivity contribution in [3.8, 4) is 0 Å². The topological polar surface area (TPSA) is 67.1 Å². The molecule has 2 aliphatic carbocycles. The number of hydrogen-bond donors (Lipinski definition) is 2. The SMILES string of the molecule is NNc1nccc(N(CC2CC2)C2CC2)n1. The summed E-state index contributed by atoms with van der Waals surface area (Å²) < 4.78 is 0. The van der Waals surface area contributed by atoms with E-state index in [1.54, 1.807) is 6.20 Å². The average Bonchev–Trinajstić information content (AvgIpc) is 3.16. The number of hydrogen-bond acceptors (Lipinski definition) is 5. The van der Waals surface area contributed by atoms with E-state index in [1.807, 2.05) is 6.07 Å². The second kappa shape index (κ2) is 3.90. The number of nitrogens with two attached hydrogens (primary N) is 1. The van der Waals surface area contributed by atoms with Crippen molar-refractivity contribution < 1.29 is 0 Å². The van der Waals surface area contributed by atoms with Crippen LogP contribution >= 0.6 is 0 Å². The molecule has 2 aliphatic rings. The quantitative estimate of drug-likeness (QED) is 0.574. The molecule has 5 nitrogen and oxygen atoms in total.